The van der Waals surface area contributed by atoms with Crippen molar-refractivity contribution < 1.29 is 24.5 Å². The van der Waals surface area contributed by atoms with Gasteiger partial charge in [-0.15, -0.1) is 6.58 Å². The molecule has 1 aliphatic rings. The maximum Gasteiger partial charge on any atom is 0.331 e. The third-order valence-corrected chi connectivity index (χ3v) is 4.25. The molecule has 0 aromatic heterocycles. The second-order valence-corrected chi connectivity index (χ2v) is 6.19. The van der Waals surface area contributed by atoms with Crippen molar-refractivity contribution in [3.05, 3.63) is 24.3 Å². The third-order valence-electron chi connectivity index (χ3n) is 4.25. The highest BCUT2D eigenvalue weighted by atomic mass is 17.2. The summed E-state index contributed by atoms with van der Waals surface area (Å²) in [6.07, 6.45) is 5.39. The SMILES string of the molecule is C=CC[C@H]1CC(C(=O)O)=C[C@@H](OOC(CC)CC)[C@@H]1NCC(C)=O. The molecule has 0 saturated carbocycles. The Hall–Kier alpha value is -1.50. The second kappa shape index (κ2) is 10.4. The van der Waals surface area contributed by atoms with E-state index in [1.54, 1.807) is 12.2 Å². The number of Topliss-reactive ketones (excluding diaryl/α,β-unsaturated/α-hetero) is 1. The highest BCUT2D eigenvalue weighted by Crippen LogP contribution is 2.30. The van der Waals surface area contributed by atoms with Gasteiger partial charge in [0.15, 0.2) is 0 Å². The molecule has 0 aromatic carbocycles. The molecule has 136 valence electrons. The zero-order valence-corrected chi connectivity index (χ0v) is 14.8. The minimum atomic E-state index is -0.954. The van der Waals surface area contributed by atoms with Crippen LogP contribution in [0.4, 0.5) is 0 Å². The summed E-state index contributed by atoms with van der Waals surface area (Å²) in [5.74, 6) is -0.960. The third kappa shape index (κ3) is 6.19. The number of allylic oxidation sites excluding steroid dienone is 1. The maximum atomic E-state index is 11.4. The first-order valence-corrected chi connectivity index (χ1v) is 8.52. The molecule has 0 heterocycles. The van der Waals surface area contributed by atoms with Crippen LogP contribution in [0.2, 0.25) is 0 Å². The van der Waals surface area contributed by atoms with Gasteiger partial charge in [-0.3, -0.25) is 4.79 Å². The van der Waals surface area contributed by atoms with Gasteiger partial charge in [0.05, 0.1) is 12.6 Å². The van der Waals surface area contributed by atoms with E-state index in [2.05, 4.69) is 11.9 Å². The fourth-order valence-electron chi connectivity index (χ4n) is 2.85. The van der Waals surface area contributed by atoms with Crippen LogP contribution in [0.25, 0.3) is 0 Å². The molecule has 0 spiro atoms. The van der Waals surface area contributed by atoms with Crippen molar-refractivity contribution >= 4 is 11.8 Å². The predicted molar refractivity (Wildman–Crippen MR) is 91.4 cm³/mol. The van der Waals surface area contributed by atoms with Crippen molar-refractivity contribution in [2.45, 2.75) is 64.7 Å². The fraction of sp³-hybridized carbons (Fsp3) is 0.667. The number of hydrogen-bond donors (Lipinski definition) is 2. The van der Waals surface area contributed by atoms with Gasteiger partial charge in [-0.25, -0.2) is 14.6 Å². The van der Waals surface area contributed by atoms with E-state index in [4.69, 9.17) is 9.78 Å². The fourth-order valence-corrected chi connectivity index (χ4v) is 2.85. The molecule has 0 saturated heterocycles. The first-order chi connectivity index (χ1) is 11.4. The summed E-state index contributed by atoms with van der Waals surface area (Å²) >= 11 is 0. The molecular formula is C18H29NO5. The van der Waals surface area contributed by atoms with Crippen LogP contribution < -0.4 is 5.32 Å². The first kappa shape index (κ1) is 20.5. The number of nitrogens with one attached hydrogen (secondary N) is 1. The molecule has 2 N–H and O–H groups in total. The molecular weight excluding hydrogens is 310 g/mol. The summed E-state index contributed by atoms with van der Waals surface area (Å²) in [4.78, 5) is 33.8. The molecule has 0 fully saturated rings. The molecule has 3 atom stereocenters. The lowest BCUT2D eigenvalue weighted by Gasteiger charge is -2.36. The van der Waals surface area contributed by atoms with E-state index in [9.17, 15) is 14.7 Å². The molecule has 0 bridgehead atoms. The van der Waals surface area contributed by atoms with Gasteiger partial charge in [0.2, 0.25) is 0 Å². The number of carbonyl (C=O) groups excluding carboxylic acids is 1. The lowest BCUT2D eigenvalue weighted by Crippen LogP contribution is -2.50. The Morgan fingerprint density at radius 1 is 1.46 bits per heavy atom. The predicted octanol–water partition coefficient (Wildman–Crippen LogP) is 2.65. The van der Waals surface area contributed by atoms with E-state index in [0.717, 1.165) is 12.8 Å². The normalized spacial score (nSPS) is 23.8. The van der Waals surface area contributed by atoms with Crippen molar-refractivity contribution in [1.29, 1.82) is 0 Å². The van der Waals surface area contributed by atoms with Gasteiger partial charge in [0.25, 0.3) is 0 Å². The number of carboxylic acid groups (broad SMARTS) is 1. The number of rotatable bonds is 11. The van der Waals surface area contributed by atoms with Crippen LogP contribution in [-0.4, -0.2) is 41.7 Å². The van der Waals surface area contributed by atoms with Gasteiger partial charge in [-0.05, 0) is 44.6 Å². The Balaban J connectivity index is 2.96. The summed E-state index contributed by atoms with van der Waals surface area (Å²) in [7, 11) is 0. The van der Waals surface area contributed by atoms with E-state index in [1.807, 2.05) is 13.8 Å². The van der Waals surface area contributed by atoms with E-state index >= 15 is 0 Å². The quantitative estimate of drug-likeness (QED) is 0.342. The zero-order chi connectivity index (χ0) is 18.1. The lowest BCUT2D eigenvalue weighted by atomic mass is 9.80. The van der Waals surface area contributed by atoms with Crippen molar-refractivity contribution in [2.24, 2.45) is 5.92 Å². The van der Waals surface area contributed by atoms with Crippen LogP contribution in [0.1, 0.15) is 46.5 Å². The van der Waals surface area contributed by atoms with Crippen LogP contribution in [0, 0.1) is 5.92 Å². The van der Waals surface area contributed by atoms with Crippen LogP contribution in [-0.2, 0) is 19.4 Å². The van der Waals surface area contributed by atoms with Crippen molar-refractivity contribution in [1.82, 2.24) is 5.32 Å². The van der Waals surface area contributed by atoms with E-state index in [0.29, 0.717) is 18.4 Å². The monoisotopic (exact) mass is 339 g/mol. The van der Waals surface area contributed by atoms with Crippen molar-refractivity contribution in [3.63, 3.8) is 0 Å². The molecule has 24 heavy (non-hydrogen) atoms. The van der Waals surface area contributed by atoms with E-state index in [-0.39, 0.29) is 30.4 Å². The zero-order valence-electron chi connectivity index (χ0n) is 14.8. The number of hydrogen-bond acceptors (Lipinski definition) is 5. The summed E-state index contributed by atoms with van der Waals surface area (Å²) in [5, 5.41) is 12.5. The van der Waals surface area contributed by atoms with Gasteiger partial charge in [0.1, 0.15) is 11.9 Å². The Labute approximate surface area is 143 Å². The van der Waals surface area contributed by atoms with E-state index in [1.165, 1.54) is 6.92 Å². The molecule has 6 nitrogen and oxygen atoms in total. The molecule has 0 radical (unpaired) electrons. The van der Waals surface area contributed by atoms with E-state index < -0.39 is 12.1 Å². The number of aliphatic carboxylic acids is 1. The molecule has 1 rings (SSSR count). The average molecular weight is 339 g/mol. The second-order valence-electron chi connectivity index (χ2n) is 6.19. The average Bonchev–Trinajstić information content (AvgIpc) is 2.54. The number of carboxylic acids is 1. The largest absolute Gasteiger partial charge is 0.478 e. The maximum absolute atomic E-state index is 11.4. The Morgan fingerprint density at radius 3 is 2.62 bits per heavy atom. The van der Waals surface area contributed by atoms with Gasteiger partial charge >= 0.3 is 5.97 Å². The Bertz CT molecular complexity index is 470. The minimum Gasteiger partial charge on any atom is -0.478 e. The summed E-state index contributed by atoms with van der Waals surface area (Å²) in [6, 6.07) is -0.204. The van der Waals surface area contributed by atoms with Crippen LogP contribution in [0.15, 0.2) is 24.3 Å². The summed E-state index contributed by atoms with van der Waals surface area (Å²) < 4.78 is 0. The minimum absolute atomic E-state index is 0.0139. The molecule has 0 unspecified atom stereocenters. The van der Waals surface area contributed by atoms with Gasteiger partial charge in [-0.2, -0.15) is 0 Å². The first-order valence-electron chi connectivity index (χ1n) is 8.52. The van der Waals surface area contributed by atoms with Gasteiger partial charge < -0.3 is 10.4 Å². The van der Waals surface area contributed by atoms with Crippen LogP contribution >= 0.6 is 0 Å². The molecule has 0 aromatic rings. The Morgan fingerprint density at radius 2 is 2.12 bits per heavy atom. The number of carbonyl (C=O) groups is 2. The summed E-state index contributed by atoms with van der Waals surface area (Å²) in [6.45, 7) is 9.47. The smallest absolute Gasteiger partial charge is 0.331 e. The highest BCUT2D eigenvalue weighted by molar-refractivity contribution is 5.87. The van der Waals surface area contributed by atoms with Crippen molar-refractivity contribution in [3.8, 4) is 0 Å². The molecule has 1 aliphatic carbocycles. The van der Waals surface area contributed by atoms with Gasteiger partial charge in [0, 0.05) is 11.6 Å². The Kier molecular flexibility index (Phi) is 8.89. The lowest BCUT2D eigenvalue weighted by molar-refractivity contribution is -0.348. The topological polar surface area (TPSA) is 84.9 Å². The van der Waals surface area contributed by atoms with Gasteiger partial charge in [-0.1, -0.05) is 19.9 Å². The van der Waals surface area contributed by atoms with Crippen molar-refractivity contribution in [2.75, 3.05) is 6.54 Å². The molecule has 6 heteroatoms. The summed E-state index contributed by atoms with van der Waals surface area (Å²) in [5.41, 5.74) is 0.306. The van der Waals surface area contributed by atoms with Crippen LogP contribution in [0.5, 0.6) is 0 Å². The standard InChI is InChI=1S/C18H29NO5/c1-5-8-13-9-14(18(21)22)10-16(17(13)19-11-12(4)20)24-23-15(6-2)7-3/h5,10,13,15-17,19H,1,6-9,11H2,2-4H3,(H,21,22)/t13-,16+,17+/m0/s1. The highest BCUT2D eigenvalue weighted by Gasteiger charge is 2.36. The molecule has 0 amide bonds. The van der Waals surface area contributed by atoms with Crippen LogP contribution in [0.3, 0.4) is 0 Å². The number of ketones is 1. The molecule has 0 aliphatic heterocycles.